The van der Waals surface area contributed by atoms with E-state index in [4.69, 9.17) is 0 Å². The second-order valence-electron chi connectivity index (χ2n) is 3.94. The third-order valence-corrected chi connectivity index (χ3v) is 3.49. The molecule has 96 valence electrons. The minimum atomic E-state index is -0.643. The van der Waals surface area contributed by atoms with Crippen LogP contribution in [0.4, 0.5) is 14.6 Å². The third kappa shape index (κ3) is 2.15. The van der Waals surface area contributed by atoms with Gasteiger partial charge < -0.3 is 5.32 Å². The fourth-order valence-corrected chi connectivity index (χ4v) is 2.62. The van der Waals surface area contributed by atoms with Crippen LogP contribution in [0, 0.1) is 11.6 Å². The Bertz CT molecular complexity index is 734. The fourth-order valence-electron chi connectivity index (χ4n) is 1.86. The number of halogens is 2. The van der Waals surface area contributed by atoms with Crippen LogP contribution in [-0.2, 0) is 0 Å². The van der Waals surface area contributed by atoms with Crippen molar-refractivity contribution in [2.45, 2.75) is 0 Å². The molecule has 2 heterocycles. The van der Waals surface area contributed by atoms with Crippen LogP contribution in [0.3, 0.4) is 0 Å². The number of nitrogens with one attached hydrogen (secondary N) is 1. The molecule has 0 spiro atoms. The molecule has 0 aliphatic rings. The maximum atomic E-state index is 13.2. The van der Waals surface area contributed by atoms with Crippen molar-refractivity contribution < 1.29 is 8.78 Å². The van der Waals surface area contributed by atoms with Gasteiger partial charge in [0, 0.05) is 18.7 Å². The molecule has 0 saturated carbocycles. The average molecular weight is 277 g/mol. The van der Waals surface area contributed by atoms with Gasteiger partial charge >= 0.3 is 0 Å². The van der Waals surface area contributed by atoms with Crippen molar-refractivity contribution >= 4 is 27.4 Å². The number of anilines is 1. The van der Waals surface area contributed by atoms with Gasteiger partial charge in [0.2, 0.25) is 0 Å². The van der Waals surface area contributed by atoms with E-state index in [0.29, 0.717) is 17.2 Å². The van der Waals surface area contributed by atoms with Gasteiger partial charge in [0.1, 0.15) is 22.3 Å². The van der Waals surface area contributed by atoms with Crippen LogP contribution in [0.5, 0.6) is 0 Å². The van der Waals surface area contributed by atoms with Gasteiger partial charge in [-0.2, -0.15) is 0 Å². The lowest BCUT2D eigenvalue weighted by Gasteiger charge is -2.05. The molecule has 0 fully saturated rings. The first-order chi connectivity index (χ1) is 9.17. The highest BCUT2D eigenvalue weighted by atomic mass is 32.1. The summed E-state index contributed by atoms with van der Waals surface area (Å²) < 4.78 is 26.5. The summed E-state index contributed by atoms with van der Waals surface area (Å²) in [5.41, 5.74) is 0.323. The summed E-state index contributed by atoms with van der Waals surface area (Å²) in [6.45, 7) is 0. The summed E-state index contributed by atoms with van der Waals surface area (Å²) in [4.78, 5) is 9.40. The van der Waals surface area contributed by atoms with Gasteiger partial charge in [-0.05, 0) is 23.6 Å². The Morgan fingerprint density at radius 1 is 1.11 bits per heavy atom. The second-order valence-corrected chi connectivity index (χ2v) is 4.84. The summed E-state index contributed by atoms with van der Waals surface area (Å²) in [5, 5.41) is 5.76. The molecule has 3 nitrogen and oxygen atoms in total. The fraction of sp³-hybridized carbons (Fsp3) is 0.0769. The molecule has 2 aromatic heterocycles. The van der Waals surface area contributed by atoms with Gasteiger partial charge in [-0.3, -0.25) is 0 Å². The average Bonchev–Trinajstić information content (AvgIpc) is 2.84. The Morgan fingerprint density at radius 3 is 2.53 bits per heavy atom. The Hall–Kier alpha value is -2.08. The lowest BCUT2D eigenvalue weighted by atomic mass is 10.2. The molecular formula is C13H9F2N3S. The highest BCUT2D eigenvalue weighted by Gasteiger charge is 2.11. The molecule has 1 N–H and O–H groups in total. The van der Waals surface area contributed by atoms with Crippen molar-refractivity contribution in [2.75, 3.05) is 12.4 Å². The van der Waals surface area contributed by atoms with Crippen molar-refractivity contribution in [1.82, 2.24) is 9.97 Å². The SMILES string of the molecule is CNc1nc(-c2cc(F)cc(F)c2)nc2sccc12. The summed E-state index contributed by atoms with van der Waals surface area (Å²) in [6, 6.07) is 5.17. The standard InChI is InChI=1S/C13H9F2N3S/c1-16-12-10-2-3-19-13(10)18-11(17-12)7-4-8(14)6-9(15)5-7/h2-6H,1H3,(H,16,17,18). The molecule has 0 aliphatic carbocycles. The number of fused-ring (bicyclic) bond motifs is 1. The molecule has 0 atom stereocenters. The number of hydrogen-bond acceptors (Lipinski definition) is 4. The van der Waals surface area contributed by atoms with Gasteiger partial charge in [0.15, 0.2) is 5.82 Å². The molecule has 0 unspecified atom stereocenters. The van der Waals surface area contributed by atoms with E-state index in [0.717, 1.165) is 16.3 Å². The van der Waals surface area contributed by atoms with E-state index in [-0.39, 0.29) is 0 Å². The second kappa shape index (κ2) is 4.55. The number of benzene rings is 1. The number of rotatable bonds is 2. The van der Waals surface area contributed by atoms with E-state index >= 15 is 0 Å². The van der Waals surface area contributed by atoms with E-state index in [1.54, 1.807) is 7.05 Å². The first-order valence-corrected chi connectivity index (χ1v) is 6.45. The smallest absolute Gasteiger partial charge is 0.163 e. The number of hydrogen-bond donors (Lipinski definition) is 1. The minimum Gasteiger partial charge on any atom is -0.372 e. The summed E-state index contributed by atoms with van der Waals surface area (Å²) in [7, 11) is 1.75. The summed E-state index contributed by atoms with van der Waals surface area (Å²) >= 11 is 1.46. The van der Waals surface area contributed by atoms with Gasteiger partial charge in [0.25, 0.3) is 0 Å². The molecule has 3 aromatic rings. The van der Waals surface area contributed by atoms with Crippen LogP contribution in [0.2, 0.25) is 0 Å². The topological polar surface area (TPSA) is 37.8 Å². The minimum absolute atomic E-state index is 0.303. The van der Waals surface area contributed by atoms with Crippen molar-refractivity contribution in [2.24, 2.45) is 0 Å². The van der Waals surface area contributed by atoms with Crippen LogP contribution in [0.1, 0.15) is 0 Å². The Kier molecular flexibility index (Phi) is 2.87. The highest BCUT2D eigenvalue weighted by molar-refractivity contribution is 7.16. The van der Waals surface area contributed by atoms with Crippen LogP contribution in [0.25, 0.3) is 21.6 Å². The number of aromatic nitrogens is 2. The van der Waals surface area contributed by atoms with Crippen molar-refractivity contribution in [3.8, 4) is 11.4 Å². The molecule has 0 aliphatic heterocycles. The third-order valence-electron chi connectivity index (χ3n) is 2.68. The maximum Gasteiger partial charge on any atom is 0.163 e. The monoisotopic (exact) mass is 277 g/mol. The molecule has 19 heavy (non-hydrogen) atoms. The highest BCUT2D eigenvalue weighted by Crippen LogP contribution is 2.28. The van der Waals surface area contributed by atoms with Gasteiger partial charge in [-0.15, -0.1) is 11.3 Å². The molecule has 0 radical (unpaired) electrons. The van der Waals surface area contributed by atoms with E-state index < -0.39 is 11.6 Å². The van der Waals surface area contributed by atoms with Crippen molar-refractivity contribution in [1.29, 1.82) is 0 Å². The normalized spacial score (nSPS) is 10.9. The zero-order valence-electron chi connectivity index (χ0n) is 9.95. The van der Waals surface area contributed by atoms with Crippen LogP contribution in [0.15, 0.2) is 29.6 Å². The van der Waals surface area contributed by atoms with Gasteiger partial charge in [-0.1, -0.05) is 0 Å². The van der Waals surface area contributed by atoms with E-state index in [1.807, 2.05) is 11.4 Å². The maximum absolute atomic E-state index is 13.2. The number of nitrogens with zero attached hydrogens (tertiary/aromatic N) is 2. The lowest BCUT2D eigenvalue weighted by molar-refractivity contribution is 0.584. The van der Waals surface area contributed by atoms with E-state index in [9.17, 15) is 8.78 Å². The van der Waals surface area contributed by atoms with Crippen LogP contribution < -0.4 is 5.32 Å². The summed E-state index contributed by atoms with van der Waals surface area (Å²) in [5.74, 6) is -0.338. The lowest BCUT2D eigenvalue weighted by Crippen LogP contribution is -1.97. The largest absolute Gasteiger partial charge is 0.372 e. The van der Waals surface area contributed by atoms with Gasteiger partial charge in [-0.25, -0.2) is 18.7 Å². The molecular weight excluding hydrogens is 268 g/mol. The van der Waals surface area contributed by atoms with Crippen molar-refractivity contribution in [3.63, 3.8) is 0 Å². The molecule has 0 amide bonds. The predicted octanol–water partition coefficient (Wildman–Crippen LogP) is 3.68. The van der Waals surface area contributed by atoms with E-state index in [2.05, 4.69) is 15.3 Å². The zero-order valence-corrected chi connectivity index (χ0v) is 10.8. The first kappa shape index (κ1) is 12.0. The van der Waals surface area contributed by atoms with E-state index in [1.165, 1.54) is 23.5 Å². The molecule has 3 rings (SSSR count). The van der Waals surface area contributed by atoms with Crippen LogP contribution >= 0.6 is 11.3 Å². The Labute approximate surface area is 111 Å². The zero-order chi connectivity index (χ0) is 13.4. The van der Waals surface area contributed by atoms with Gasteiger partial charge in [0.05, 0.1) is 5.39 Å². The quantitative estimate of drug-likeness (QED) is 0.776. The predicted molar refractivity (Wildman–Crippen MR) is 72.3 cm³/mol. The molecule has 6 heteroatoms. The van der Waals surface area contributed by atoms with Crippen LogP contribution in [-0.4, -0.2) is 17.0 Å². The Morgan fingerprint density at radius 2 is 1.84 bits per heavy atom. The van der Waals surface area contributed by atoms with Crippen molar-refractivity contribution in [3.05, 3.63) is 41.3 Å². The number of thiophene rings is 1. The summed E-state index contributed by atoms with van der Waals surface area (Å²) in [6.07, 6.45) is 0. The molecule has 1 aromatic carbocycles. The first-order valence-electron chi connectivity index (χ1n) is 5.57. The molecule has 0 saturated heterocycles. The Balaban J connectivity index is 2.24. The molecule has 0 bridgehead atoms.